The third kappa shape index (κ3) is 5.83. The summed E-state index contributed by atoms with van der Waals surface area (Å²) in [6, 6.07) is 8.61. The van der Waals surface area contributed by atoms with Crippen molar-refractivity contribution in [3.8, 4) is 0 Å². The molecule has 6 heteroatoms. The number of guanidine groups is 1. The van der Waals surface area contributed by atoms with Gasteiger partial charge in [0.2, 0.25) is 5.91 Å². The van der Waals surface area contributed by atoms with Gasteiger partial charge in [-0.15, -0.1) is 0 Å². The molecule has 1 aliphatic carbocycles. The minimum atomic E-state index is 0.283. The minimum absolute atomic E-state index is 0.283. The number of hydrogen-bond acceptors (Lipinski definition) is 3. The molecule has 1 aromatic carbocycles. The molecule has 6 nitrogen and oxygen atoms in total. The second-order valence-corrected chi connectivity index (χ2v) is 9.85. The molecule has 3 aliphatic rings. The summed E-state index contributed by atoms with van der Waals surface area (Å²) >= 11 is 0. The molecule has 2 saturated heterocycles. The van der Waals surface area contributed by atoms with E-state index in [1.807, 2.05) is 11.9 Å². The number of carbonyl (C=O) groups is 1. The molecular formula is C26H41N5O. The second kappa shape index (κ2) is 11.2. The van der Waals surface area contributed by atoms with E-state index in [2.05, 4.69) is 44.8 Å². The molecule has 1 aromatic rings. The van der Waals surface area contributed by atoms with Crippen LogP contribution >= 0.6 is 0 Å². The number of benzene rings is 1. The lowest BCUT2D eigenvalue weighted by Crippen LogP contribution is -2.59. The Morgan fingerprint density at radius 3 is 2.25 bits per heavy atom. The van der Waals surface area contributed by atoms with Gasteiger partial charge >= 0.3 is 0 Å². The van der Waals surface area contributed by atoms with Gasteiger partial charge in [-0.2, -0.15) is 0 Å². The van der Waals surface area contributed by atoms with Crippen LogP contribution in [0.4, 0.5) is 0 Å². The van der Waals surface area contributed by atoms with Gasteiger partial charge in [0.25, 0.3) is 0 Å². The maximum absolute atomic E-state index is 11.8. The average molecular weight is 440 g/mol. The lowest BCUT2D eigenvalue weighted by atomic mass is 9.79. The summed E-state index contributed by atoms with van der Waals surface area (Å²) in [6.07, 6.45) is 12.4. The van der Waals surface area contributed by atoms with Gasteiger partial charge in [0, 0.05) is 45.2 Å². The largest absolute Gasteiger partial charge is 0.355 e. The Bertz CT molecular complexity index is 763. The molecule has 1 amide bonds. The number of rotatable bonds is 7. The number of nitrogens with zero attached hydrogens (tertiary/aromatic N) is 3. The second-order valence-electron chi connectivity index (χ2n) is 9.85. The third-order valence-corrected chi connectivity index (χ3v) is 7.65. The predicted octanol–water partition coefficient (Wildman–Crippen LogP) is 3.66. The van der Waals surface area contributed by atoms with E-state index >= 15 is 0 Å². The van der Waals surface area contributed by atoms with Gasteiger partial charge in [-0.25, -0.2) is 0 Å². The van der Waals surface area contributed by atoms with Gasteiger partial charge in [-0.05, 0) is 56.3 Å². The summed E-state index contributed by atoms with van der Waals surface area (Å²) in [6.45, 7) is 5.86. The van der Waals surface area contributed by atoms with Crippen LogP contribution in [0.15, 0.2) is 29.3 Å². The van der Waals surface area contributed by atoms with E-state index in [1.54, 1.807) is 0 Å². The van der Waals surface area contributed by atoms with Crippen LogP contribution in [-0.4, -0.2) is 60.4 Å². The molecule has 1 saturated carbocycles. The molecule has 0 atom stereocenters. The van der Waals surface area contributed by atoms with Crippen molar-refractivity contribution in [3.05, 3.63) is 35.4 Å². The fourth-order valence-electron chi connectivity index (χ4n) is 5.69. The van der Waals surface area contributed by atoms with Crippen molar-refractivity contribution in [2.24, 2.45) is 4.99 Å². The Morgan fingerprint density at radius 2 is 1.59 bits per heavy atom. The molecule has 2 heterocycles. The molecule has 0 unspecified atom stereocenters. The van der Waals surface area contributed by atoms with E-state index in [0.29, 0.717) is 12.0 Å². The molecular weight excluding hydrogens is 398 g/mol. The SMILES string of the molecule is CN=C(NCc1ccc(CN2CCCC2=O)cc1)NCC1(N2CCCCC2)CCCCC1. The predicted molar refractivity (Wildman–Crippen MR) is 131 cm³/mol. The van der Waals surface area contributed by atoms with Gasteiger partial charge in [0.15, 0.2) is 5.96 Å². The van der Waals surface area contributed by atoms with Gasteiger partial charge in [-0.1, -0.05) is 49.9 Å². The molecule has 0 aromatic heterocycles. The Morgan fingerprint density at radius 1 is 0.906 bits per heavy atom. The van der Waals surface area contributed by atoms with Crippen LogP contribution in [0.3, 0.4) is 0 Å². The minimum Gasteiger partial charge on any atom is -0.355 e. The lowest BCUT2D eigenvalue weighted by molar-refractivity contribution is -0.128. The molecule has 2 N–H and O–H groups in total. The lowest BCUT2D eigenvalue weighted by Gasteiger charge is -2.48. The highest BCUT2D eigenvalue weighted by atomic mass is 16.2. The highest BCUT2D eigenvalue weighted by Gasteiger charge is 2.38. The normalized spacial score (nSPS) is 22.2. The van der Waals surface area contributed by atoms with Gasteiger partial charge in [0.1, 0.15) is 0 Å². The maximum atomic E-state index is 11.8. The fourth-order valence-corrected chi connectivity index (χ4v) is 5.69. The Labute approximate surface area is 193 Å². The Balaban J connectivity index is 1.28. The maximum Gasteiger partial charge on any atom is 0.222 e. The Kier molecular flexibility index (Phi) is 8.06. The van der Waals surface area contributed by atoms with Crippen LogP contribution in [0.2, 0.25) is 0 Å². The highest BCUT2D eigenvalue weighted by molar-refractivity contribution is 5.79. The Hall–Kier alpha value is -2.08. The van der Waals surface area contributed by atoms with Crippen LogP contribution in [0.5, 0.6) is 0 Å². The molecule has 2 aliphatic heterocycles. The zero-order chi connectivity index (χ0) is 22.2. The smallest absolute Gasteiger partial charge is 0.222 e. The third-order valence-electron chi connectivity index (χ3n) is 7.65. The van der Waals surface area contributed by atoms with Gasteiger partial charge in [0.05, 0.1) is 0 Å². The number of nitrogens with one attached hydrogen (secondary N) is 2. The van der Waals surface area contributed by atoms with Crippen molar-refractivity contribution in [1.82, 2.24) is 20.4 Å². The van der Waals surface area contributed by atoms with E-state index in [0.717, 1.165) is 38.6 Å². The summed E-state index contributed by atoms with van der Waals surface area (Å²) in [5, 5.41) is 7.17. The zero-order valence-electron chi connectivity index (χ0n) is 19.9. The van der Waals surface area contributed by atoms with Crippen molar-refractivity contribution in [2.75, 3.05) is 33.2 Å². The quantitative estimate of drug-likeness (QED) is 0.503. The first-order valence-electron chi connectivity index (χ1n) is 12.7. The molecule has 32 heavy (non-hydrogen) atoms. The summed E-state index contributed by atoms with van der Waals surface area (Å²) < 4.78 is 0. The van der Waals surface area contributed by atoms with Crippen molar-refractivity contribution < 1.29 is 4.79 Å². The molecule has 4 rings (SSSR count). The van der Waals surface area contributed by atoms with Crippen LogP contribution in [0, 0.1) is 0 Å². The monoisotopic (exact) mass is 439 g/mol. The van der Waals surface area contributed by atoms with Gasteiger partial charge < -0.3 is 15.5 Å². The molecule has 0 radical (unpaired) electrons. The highest BCUT2D eigenvalue weighted by Crippen LogP contribution is 2.35. The molecule has 0 bridgehead atoms. The summed E-state index contributed by atoms with van der Waals surface area (Å²) in [5.41, 5.74) is 2.73. The van der Waals surface area contributed by atoms with Crippen LogP contribution in [-0.2, 0) is 17.9 Å². The zero-order valence-corrected chi connectivity index (χ0v) is 19.9. The van der Waals surface area contributed by atoms with E-state index in [1.165, 1.54) is 75.6 Å². The van der Waals surface area contributed by atoms with Crippen molar-refractivity contribution in [3.63, 3.8) is 0 Å². The molecule has 3 fully saturated rings. The van der Waals surface area contributed by atoms with Crippen molar-refractivity contribution in [1.29, 1.82) is 0 Å². The van der Waals surface area contributed by atoms with E-state index in [-0.39, 0.29) is 5.91 Å². The first-order chi connectivity index (χ1) is 15.7. The van der Waals surface area contributed by atoms with Crippen LogP contribution in [0.25, 0.3) is 0 Å². The number of hydrogen-bond donors (Lipinski definition) is 2. The summed E-state index contributed by atoms with van der Waals surface area (Å²) in [5.74, 6) is 1.17. The topological polar surface area (TPSA) is 60.0 Å². The first kappa shape index (κ1) is 23.1. The number of carbonyl (C=O) groups excluding carboxylic acids is 1. The average Bonchev–Trinajstić information content (AvgIpc) is 3.25. The number of aliphatic imine (C=N–C) groups is 1. The van der Waals surface area contributed by atoms with E-state index in [4.69, 9.17) is 0 Å². The first-order valence-corrected chi connectivity index (χ1v) is 12.7. The van der Waals surface area contributed by atoms with Crippen LogP contribution in [0.1, 0.15) is 75.3 Å². The van der Waals surface area contributed by atoms with Gasteiger partial charge in [-0.3, -0.25) is 14.7 Å². The fraction of sp³-hybridized carbons (Fsp3) is 0.692. The number of amides is 1. The summed E-state index contributed by atoms with van der Waals surface area (Å²) in [7, 11) is 1.86. The number of likely N-dealkylation sites (tertiary alicyclic amines) is 2. The van der Waals surface area contributed by atoms with Crippen molar-refractivity contribution in [2.45, 2.75) is 82.8 Å². The van der Waals surface area contributed by atoms with Crippen molar-refractivity contribution >= 4 is 11.9 Å². The summed E-state index contributed by atoms with van der Waals surface area (Å²) in [4.78, 5) is 21.1. The standard InChI is InChI=1S/C26H41N5O/c1-27-25(29-21-26(14-4-2-5-15-26)31-17-6-3-7-18-31)28-19-22-10-12-23(13-11-22)20-30-16-8-9-24(30)32/h10-13H,2-9,14-21H2,1H3,(H2,27,28,29). The van der Waals surface area contributed by atoms with E-state index < -0.39 is 0 Å². The molecule has 0 spiro atoms. The van der Waals surface area contributed by atoms with E-state index in [9.17, 15) is 4.79 Å². The molecule has 176 valence electrons. The number of piperidine rings is 1. The van der Waals surface area contributed by atoms with Crippen LogP contribution < -0.4 is 10.6 Å².